The van der Waals surface area contributed by atoms with Gasteiger partial charge >= 0.3 is 0 Å². The van der Waals surface area contributed by atoms with Gasteiger partial charge in [-0.25, -0.2) is 4.39 Å². The quantitative estimate of drug-likeness (QED) is 0.455. The SMILES string of the molecule is Fc1ccc(C#CCOCC2OC2c2ccc(Cl)cc2Cl)cc1. The van der Waals surface area contributed by atoms with Crippen LogP contribution in [0.3, 0.4) is 0 Å². The zero-order chi connectivity index (χ0) is 16.2. The zero-order valence-electron chi connectivity index (χ0n) is 12.1. The van der Waals surface area contributed by atoms with Crippen LogP contribution in [0.4, 0.5) is 4.39 Å². The van der Waals surface area contributed by atoms with Gasteiger partial charge < -0.3 is 9.47 Å². The number of epoxide rings is 1. The van der Waals surface area contributed by atoms with Crippen molar-refractivity contribution in [2.75, 3.05) is 13.2 Å². The smallest absolute Gasteiger partial charge is 0.123 e. The van der Waals surface area contributed by atoms with Crippen LogP contribution in [0, 0.1) is 17.7 Å². The molecule has 2 aromatic carbocycles. The molecule has 1 aliphatic rings. The van der Waals surface area contributed by atoms with Gasteiger partial charge in [0.1, 0.15) is 24.6 Å². The minimum absolute atomic E-state index is 0.0127. The lowest BCUT2D eigenvalue weighted by molar-refractivity contribution is 0.145. The average Bonchev–Trinajstić information content (AvgIpc) is 3.28. The molecule has 23 heavy (non-hydrogen) atoms. The topological polar surface area (TPSA) is 21.8 Å². The third kappa shape index (κ3) is 4.46. The van der Waals surface area contributed by atoms with E-state index in [1.165, 1.54) is 12.1 Å². The summed E-state index contributed by atoms with van der Waals surface area (Å²) in [5, 5.41) is 1.20. The fourth-order valence-electron chi connectivity index (χ4n) is 2.17. The predicted molar refractivity (Wildman–Crippen MR) is 88.2 cm³/mol. The van der Waals surface area contributed by atoms with E-state index >= 15 is 0 Å². The normalized spacial score (nSPS) is 19.1. The lowest BCUT2D eigenvalue weighted by Crippen LogP contribution is -2.03. The summed E-state index contributed by atoms with van der Waals surface area (Å²) < 4.78 is 23.8. The van der Waals surface area contributed by atoms with Gasteiger partial charge in [0.25, 0.3) is 0 Å². The molecule has 2 unspecified atom stereocenters. The van der Waals surface area contributed by atoms with E-state index in [2.05, 4.69) is 11.8 Å². The first kappa shape index (κ1) is 16.3. The van der Waals surface area contributed by atoms with Crippen molar-refractivity contribution in [3.8, 4) is 11.8 Å². The predicted octanol–water partition coefficient (Wildman–Crippen LogP) is 4.64. The molecule has 118 valence electrons. The molecule has 3 rings (SSSR count). The van der Waals surface area contributed by atoms with Crippen LogP contribution >= 0.6 is 23.2 Å². The van der Waals surface area contributed by atoms with Crippen LogP contribution in [-0.2, 0) is 9.47 Å². The summed E-state index contributed by atoms with van der Waals surface area (Å²) in [4.78, 5) is 0. The van der Waals surface area contributed by atoms with Crippen LogP contribution in [-0.4, -0.2) is 19.3 Å². The van der Waals surface area contributed by atoms with Crippen LogP contribution in [0.1, 0.15) is 17.2 Å². The Morgan fingerprint density at radius 3 is 2.65 bits per heavy atom. The maximum Gasteiger partial charge on any atom is 0.123 e. The molecule has 2 aromatic rings. The molecule has 1 aliphatic heterocycles. The minimum atomic E-state index is -0.274. The van der Waals surface area contributed by atoms with E-state index in [1.54, 1.807) is 24.3 Å². The first-order valence-electron chi connectivity index (χ1n) is 7.06. The van der Waals surface area contributed by atoms with Gasteiger partial charge in [-0.15, -0.1) is 0 Å². The van der Waals surface area contributed by atoms with E-state index in [0.717, 1.165) is 11.1 Å². The Hall–Kier alpha value is -1.57. The van der Waals surface area contributed by atoms with Gasteiger partial charge in [-0.1, -0.05) is 41.1 Å². The molecule has 0 amide bonds. The van der Waals surface area contributed by atoms with Crippen molar-refractivity contribution in [1.29, 1.82) is 0 Å². The summed E-state index contributed by atoms with van der Waals surface area (Å²) in [5.74, 6) is 5.52. The highest BCUT2D eigenvalue weighted by Crippen LogP contribution is 2.42. The maximum atomic E-state index is 12.7. The lowest BCUT2D eigenvalue weighted by atomic mass is 10.1. The summed E-state index contributed by atoms with van der Waals surface area (Å²) in [6, 6.07) is 11.4. The Morgan fingerprint density at radius 1 is 1.13 bits per heavy atom. The van der Waals surface area contributed by atoms with Crippen molar-refractivity contribution in [2.45, 2.75) is 12.2 Å². The first-order valence-corrected chi connectivity index (χ1v) is 7.81. The van der Waals surface area contributed by atoms with Gasteiger partial charge in [0, 0.05) is 21.2 Å². The van der Waals surface area contributed by atoms with Crippen LogP contribution in [0.25, 0.3) is 0 Å². The van der Waals surface area contributed by atoms with Crippen molar-refractivity contribution in [1.82, 2.24) is 0 Å². The number of benzene rings is 2. The van der Waals surface area contributed by atoms with Crippen LogP contribution < -0.4 is 0 Å². The van der Waals surface area contributed by atoms with E-state index < -0.39 is 0 Å². The summed E-state index contributed by atoms with van der Waals surface area (Å²) >= 11 is 12.0. The Morgan fingerprint density at radius 2 is 1.91 bits per heavy atom. The van der Waals surface area contributed by atoms with E-state index in [1.807, 2.05) is 6.07 Å². The zero-order valence-corrected chi connectivity index (χ0v) is 13.6. The number of hydrogen-bond donors (Lipinski definition) is 0. The summed E-state index contributed by atoms with van der Waals surface area (Å²) in [7, 11) is 0. The van der Waals surface area contributed by atoms with Gasteiger partial charge in [-0.3, -0.25) is 0 Å². The number of rotatable bonds is 4. The Kier molecular flexibility index (Phi) is 5.20. The summed E-state index contributed by atoms with van der Waals surface area (Å²) in [6.45, 7) is 0.736. The second-order valence-corrected chi connectivity index (χ2v) is 5.93. The monoisotopic (exact) mass is 350 g/mol. The standard InChI is InChI=1S/C18H13Cl2FO2/c19-13-5-8-15(16(20)10-13)18-17(23-18)11-22-9-1-2-12-3-6-14(21)7-4-12/h3-8,10,17-18H,9,11H2. The molecule has 0 aliphatic carbocycles. The van der Waals surface area contributed by atoms with Gasteiger partial charge in [-0.05, 0) is 36.4 Å². The van der Waals surface area contributed by atoms with Crippen molar-refractivity contribution >= 4 is 23.2 Å². The minimum Gasteiger partial charge on any atom is -0.366 e. The largest absolute Gasteiger partial charge is 0.366 e. The van der Waals surface area contributed by atoms with Crippen molar-refractivity contribution in [2.24, 2.45) is 0 Å². The lowest BCUT2D eigenvalue weighted by Gasteiger charge is -2.01. The van der Waals surface area contributed by atoms with E-state index in [0.29, 0.717) is 16.7 Å². The molecule has 5 heteroatoms. The second-order valence-electron chi connectivity index (χ2n) is 5.08. The molecule has 0 saturated carbocycles. The molecule has 1 saturated heterocycles. The first-order chi connectivity index (χ1) is 11.1. The van der Waals surface area contributed by atoms with Crippen molar-refractivity contribution in [3.63, 3.8) is 0 Å². The Bertz CT molecular complexity index is 750. The van der Waals surface area contributed by atoms with Crippen LogP contribution in [0.5, 0.6) is 0 Å². The molecule has 2 nitrogen and oxygen atoms in total. The number of hydrogen-bond acceptors (Lipinski definition) is 2. The molecule has 0 spiro atoms. The molecule has 0 bridgehead atoms. The highest BCUT2D eigenvalue weighted by atomic mass is 35.5. The molecule has 0 radical (unpaired) electrons. The van der Waals surface area contributed by atoms with Crippen LogP contribution in [0.15, 0.2) is 42.5 Å². The fraction of sp³-hybridized carbons (Fsp3) is 0.222. The Balaban J connectivity index is 1.44. The van der Waals surface area contributed by atoms with E-state index in [9.17, 15) is 4.39 Å². The van der Waals surface area contributed by atoms with Gasteiger partial charge in [-0.2, -0.15) is 0 Å². The average molecular weight is 351 g/mol. The van der Waals surface area contributed by atoms with Gasteiger partial charge in [0.2, 0.25) is 0 Å². The van der Waals surface area contributed by atoms with Crippen LogP contribution in [0.2, 0.25) is 10.0 Å². The number of ether oxygens (including phenoxy) is 2. The van der Waals surface area contributed by atoms with E-state index in [4.69, 9.17) is 32.7 Å². The third-order valence-corrected chi connectivity index (χ3v) is 3.95. The molecular formula is C18H13Cl2FO2. The van der Waals surface area contributed by atoms with E-state index in [-0.39, 0.29) is 24.6 Å². The molecular weight excluding hydrogens is 338 g/mol. The Labute approximate surface area is 144 Å². The molecule has 0 N–H and O–H groups in total. The third-order valence-electron chi connectivity index (χ3n) is 3.38. The van der Waals surface area contributed by atoms with Gasteiger partial charge in [0.05, 0.1) is 6.61 Å². The molecule has 1 fully saturated rings. The summed E-state index contributed by atoms with van der Waals surface area (Å²) in [5.41, 5.74) is 1.67. The summed E-state index contributed by atoms with van der Waals surface area (Å²) in [6.07, 6.45) is -0.0638. The fourth-order valence-corrected chi connectivity index (χ4v) is 2.69. The molecule has 0 aromatic heterocycles. The maximum absolute atomic E-state index is 12.7. The molecule has 2 atom stereocenters. The second kappa shape index (κ2) is 7.33. The highest BCUT2D eigenvalue weighted by Gasteiger charge is 2.41. The van der Waals surface area contributed by atoms with Crippen molar-refractivity contribution in [3.05, 3.63) is 69.5 Å². The highest BCUT2D eigenvalue weighted by molar-refractivity contribution is 6.35. The van der Waals surface area contributed by atoms with Gasteiger partial charge in [0.15, 0.2) is 0 Å². The van der Waals surface area contributed by atoms with Crippen molar-refractivity contribution < 1.29 is 13.9 Å². The number of halogens is 3. The molecule has 1 heterocycles.